The Balaban J connectivity index is 1.41. The van der Waals surface area contributed by atoms with Crippen LogP contribution in [-0.2, 0) is 22.6 Å². The molecule has 0 saturated carbocycles. The molecule has 2 fully saturated rings. The molecule has 48 heavy (non-hydrogen) atoms. The molecular formula is C34H38F6N4O4. The Kier molecular flexibility index (Phi) is 10.5. The largest absolute Gasteiger partial charge is 0.494 e. The zero-order valence-electron chi connectivity index (χ0n) is 26.5. The van der Waals surface area contributed by atoms with Crippen molar-refractivity contribution in [3.05, 3.63) is 59.8 Å². The summed E-state index contributed by atoms with van der Waals surface area (Å²) in [6, 6.07) is 10.7. The number of likely N-dealkylation sites (tertiary alicyclic amines) is 2. The molecule has 5 rings (SSSR count). The van der Waals surface area contributed by atoms with Crippen LogP contribution in [0.15, 0.2) is 48.7 Å². The van der Waals surface area contributed by atoms with E-state index in [4.69, 9.17) is 4.74 Å². The Morgan fingerprint density at radius 1 is 0.917 bits per heavy atom. The number of rotatable bonds is 10. The number of nitrogens with zero attached hydrogens (tertiary/aromatic N) is 3. The number of piperidine rings is 2. The molecule has 0 radical (unpaired) electrons. The summed E-state index contributed by atoms with van der Waals surface area (Å²) in [7, 11) is 1.57. The normalized spacial score (nSPS) is 18.4. The molecule has 3 aromatic rings. The van der Waals surface area contributed by atoms with Crippen LogP contribution in [0.3, 0.4) is 0 Å². The summed E-state index contributed by atoms with van der Waals surface area (Å²) >= 11 is 0. The molecule has 0 aliphatic carbocycles. The molecule has 0 bridgehead atoms. The average molecular weight is 681 g/mol. The van der Waals surface area contributed by atoms with Crippen LogP contribution >= 0.6 is 0 Å². The quantitative estimate of drug-likeness (QED) is 0.246. The predicted octanol–water partition coefficient (Wildman–Crippen LogP) is 6.22. The van der Waals surface area contributed by atoms with Gasteiger partial charge in [-0.05, 0) is 74.3 Å². The third kappa shape index (κ3) is 7.70. The van der Waals surface area contributed by atoms with Crippen molar-refractivity contribution in [2.75, 3.05) is 39.8 Å². The topological polar surface area (TPSA) is 95.0 Å². The maximum atomic E-state index is 14.4. The number of carbonyl (C=O) groups is 2. The van der Waals surface area contributed by atoms with E-state index in [9.17, 15) is 41.0 Å². The summed E-state index contributed by atoms with van der Waals surface area (Å²) in [6.07, 6.45) is -6.73. The van der Waals surface area contributed by atoms with E-state index in [2.05, 4.69) is 15.2 Å². The highest BCUT2D eigenvalue weighted by atomic mass is 19.4. The summed E-state index contributed by atoms with van der Waals surface area (Å²) in [5, 5.41) is 13.4. The molecule has 2 aromatic carbocycles. The van der Waals surface area contributed by atoms with E-state index in [0.29, 0.717) is 39.9 Å². The lowest BCUT2D eigenvalue weighted by atomic mass is 9.76. The van der Waals surface area contributed by atoms with Gasteiger partial charge in [0.05, 0.1) is 13.7 Å². The van der Waals surface area contributed by atoms with Gasteiger partial charge in [0.15, 0.2) is 0 Å². The predicted molar refractivity (Wildman–Crippen MR) is 166 cm³/mol. The van der Waals surface area contributed by atoms with Crippen molar-refractivity contribution in [1.82, 2.24) is 20.1 Å². The molecule has 0 unspecified atom stereocenters. The molecule has 2 aliphatic rings. The van der Waals surface area contributed by atoms with Crippen LogP contribution in [0.25, 0.3) is 22.0 Å². The summed E-state index contributed by atoms with van der Waals surface area (Å²) in [6.45, 7) is 0.0304. The highest BCUT2D eigenvalue weighted by Crippen LogP contribution is 2.47. The van der Waals surface area contributed by atoms with E-state index in [1.54, 1.807) is 37.6 Å². The van der Waals surface area contributed by atoms with Gasteiger partial charge in [0.1, 0.15) is 22.9 Å². The van der Waals surface area contributed by atoms with Crippen molar-refractivity contribution in [2.45, 2.75) is 63.5 Å². The van der Waals surface area contributed by atoms with E-state index in [1.165, 1.54) is 6.42 Å². The summed E-state index contributed by atoms with van der Waals surface area (Å²) in [5.41, 5.74) is -0.289. The van der Waals surface area contributed by atoms with Crippen molar-refractivity contribution in [1.29, 1.82) is 0 Å². The maximum Gasteiger partial charge on any atom is 0.403 e. The molecule has 2 aliphatic heterocycles. The molecule has 1 amide bonds. The van der Waals surface area contributed by atoms with Gasteiger partial charge in [-0.2, -0.15) is 26.3 Å². The standard InChI is InChI=1S/C34H38F6N4O4/c1-48-29-23(20-43-15-3-2-4-16-43)11-14-41-28(29)26-10-6-8-24-22(7-5-9-25(24)26)19-27(30(45)46)42-31(47)32(34(38,39)40)12-17-44(18-13-32)21-33(35,36)37/h5-11,14,27H,2-4,12-13,15-21H2,1H3,(H,42,47)(H,45,46)/t27-/m0/s1. The van der Waals surface area contributed by atoms with Gasteiger partial charge in [0, 0.05) is 30.3 Å². The van der Waals surface area contributed by atoms with Gasteiger partial charge < -0.3 is 15.2 Å². The number of amides is 1. The molecule has 260 valence electrons. The van der Waals surface area contributed by atoms with Crippen LogP contribution in [0.2, 0.25) is 0 Å². The van der Waals surface area contributed by atoms with E-state index in [0.717, 1.165) is 36.4 Å². The van der Waals surface area contributed by atoms with Crippen molar-refractivity contribution < 1.29 is 45.8 Å². The smallest absolute Gasteiger partial charge is 0.403 e. The fourth-order valence-corrected chi connectivity index (χ4v) is 6.85. The molecular weight excluding hydrogens is 642 g/mol. The zero-order valence-corrected chi connectivity index (χ0v) is 26.5. The van der Waals surface area contributed by atoms with Gasteiger partial charge in [-0.15, -0.1) is 0 Å². The number of aromatic nitrogens is 1. The minimum Gasteiger partial charge on any atom is -0.494 e. The highest BCUT2D eigenvalue weighted by Gasteiger charge is 2.61. The molecule has 3 heterocycles. The minimum absolute atomic E-state index is 0.338. The van der Waals surface area contributed by atoms with Crippen LogP contribution in [0, 0.1) is 5.41 Å². The monoisotopic (exact) mass is 680 g/mol. The first kappa shape index (κ1) is 35.4. The number of ether oxygens (including phenoxy) is 1. The Hall–Kier alpha value is -3.91. The van der Waals surface area contributed by atoms with Crippen LogP contribution in [0.1, 0.15) is 43.2 Å². The third-order valence-corrected chi connectivity index (χ3v) is 9.42. The SMILES string of the molecule is COc1c(CN2CCCCC2)ccnc1-c1cccc2c(C[C@H](NC(=O)C3(C(F)(F)F)CCN(CC(F)(F)F)CC3)C(=O)O)cccc12. The average Bonchev–Trinajstić information content (AvgIpc) is 3.03. The van der Waals surface area contributed by atoms with Gasteiger partial charge in [0.25, 0.3) is 0 Å². The number of halogens is 6. The lowest BCUT2D eigenvalue weighted by Gasteiger charge is -2.42. The number of aliphatic carboxylic acids is 1. The van der Waals surface area contributed by atoms with Gasteiger partial charge in [0.2, 0.25) is 5.91 Å². The summed E-state index contributed by atoms with van der Waals surface area (Å²) in [5.74, 6) is -2.50. The number of pyridine rings is 1. The highest BCUT2D eigenvalue weighted by molar-refractivity contribution is 5.99. The van der Waals surface area contributed by atoms with Gasteiger partial charge in [-0.3, -0.25) is 19.6 Å². The summed E-state index contributed by atoms with van der Waals surface area (Å²) in [4.78, 5) is 33.4. The fourth-order valence-electron chi connectivity index (χ4n) is 6.85. The number of carboxylic acid groups (broad SMARTS) is 1. The van der Waals surface area contributed by atoms with E-state index < -0.39 is 68.2 Å². The number of hydrogen-bond acceptors (Lipinski definition) is 6. The van der Waals surface area contributed by atoms with Gasteiger partial charge in [-0.25, -0.2) is 4.79 Å². The maximum absolute atomic E-state index is 14.4. The van der Waals surface area contributed by atoms with Crippen molar-refractivity contribution in [3.8, 4) is 17.0 Å². The number of nitrogens with one attached hydrogen (secondary N) is 1. The molecule has 1 atom stereocenters. The van der Waals surface area contributed by atoms with E-state index >= 15 is 0 Å². The second kappa shape index (κ2) is 14.3. The Labute approximate surface area is 274 Å². The van der Waals surface area contributed by atoms with Crippen LogP contribution < -0.4 is 10.1 Å². The number of hydrogen-bond donors (Lipinski definition) is 2. The van der Waals surface area contributed by atoms with Crippen molar-refractivity contribution >= 4 is 22.6 Å². The number of alkyl halides is 6. The van der Waals surface area contributed by atoms with Crippen molar-refractivity contribution in [2.24, 2.45) is 5.41 Å². The molecule has 1 aromatic heterocycles. The van der Waals surface area contributed by atoms with Crippen molar-refractivity contribution in [3.63, 3.8) is 0 Å². The van der Waals surface area contributed by atoms with Crippen LogP contribution in [0.4, 0.5) is 26.3 Å². The number of carboxylic acids is 1. The summed E-state index contributed by atoms with van der Waals surface area (Å²) < 4.78 is 87.5. The Morgan fingerprint density at radius 3 is 2.21 bits per heavy atom. The van der Waals surface area contributed by atoms with Crippen LogP contribution in [0.5, 0.6) is 5.75 Å². The molecule has 8 nitrogen and oxygen atoms in total. The number of carbonyl (C=O) groups excluding carboxylic acids is 1. The second-order valence-electron chi connectivity index (χ2n) is 12.5. The van der Waals surface area contributed by atoms with E-state index in [1.807, 2.05) is 18.2 Å². The lowest BCUT2D eigenvalue weighted by molar-refractivity contribution is -0.236. The lowest BCUT2D eigenvalue weighted by Crippen LogP contribution is -2.59. The second-order valence-corrected chi connectivity index (χ2v) is 12.5. The molecule has 0 spiro atoms. The van der Waals surface area contributed by atoms with Crippen LogP contribution in [-0.4, -0.2) is 90.0 Å². The Morgan fingerprint density at radius 2 is 1.58 bits per heavy atom. The Bertz CT molecular complexity index is 1620. The molecule has 2 saturated heterocycles. The minimum atomic E-state index is -5.10. The van der Waals surface area contributed by atoms with Gasteiger partial charge in [-0.1, -0.05) is 42.8 Å². The molecule has 14 heteroatoms. The first-order chi connectivity index (χ1) is 22.7. The zero-order chi connectivity index (χ0) is 34.7. The van der Waals surface area contributed by atoms with Gasteiger partial charge >= 0.3 is 18.3 Å². The third-order valence-electron chi connectivity index (χ3n) is 9.42. The molecule has 2 N–H and O–H groups in total. The fraction of sp³-hybridized carbons (Fsp3) is 0.500. The number of fused-ring (bicyclic) bond motifs is 1. The first-order valence-corrected chi connectivity index (χ1v) is 15.9. The first-order valence-electron chi connectivity index (χ1n) is 15.9. The van der Waals surface area contributed by atoms with E-state index in [-0.39, 0.29) is 6.42 Å². The number of methoxy groups -OCH3 is 1. The number of benzene rings is 2.